The fraction of sp³-hybridized carbons (Fsp3) is 0.556. The summed E-state index contributed by atoms with van der Waals surface area (Å²) in [4.78, 5) is 25.2. The number of hydrogen-bond acceptors (Lipinski definition) is 4. The Hall–Kier alpha value is -2.00. The summed E-state index contributed by atoms with van der Waals surface area (Å²) < 4.78 is 49.2. The third-order valence-electron chi connectivity index (χ3n) is 5.45. The van der Waals surface area contributed by atoms with Gasteiger partial charge < -0.3 is 19.7 Å². The van der Waals surface area contributed by atoms with Gasteiger partial charge in [-0.1, -0.05) is 17.7 Å². The quantitative estimate of drug-likeness (QED) is 0.816. The van der Waals surface area contributed by atoms with Gasteiger partial charge in [-0.2, -0.15) is 13.2 Å². The summed E-state index contributed by atoms with van der Waals surface area (Å²) >= 11 is 5.60. The number of amides is 2. The summed E-state index contributed by atoms with van der Waals surface area (Å²) in [6, 6.07) is 3.68. The van der Waals surface area contributed by atoms with E-state index in [2.05, 4.69) is 5.32 Å². The smallest absolute Gasteiger partial charge is 0.417 e. The highest BCUT2D eigenvalue weighted by atomic mass is 35.5. The average Bonchev–Trinajstić information content (AvgIpc) is 2.94. The first-order valence-electron chi connectivity index (χ1n) is 8.86. The molecule has 3 aliphatic rings. The lowest BCUT2D eigenvalue weighted by Gasteiger charge is -2.47. The number of alkyl carbamates (subject to hydrolysis) is 1. The van der Waals surface area contributed by atoms with Crippen molar-refractivity contribution < 1.29 is 32.2 Å². The van der Waals surface area contributed by atoms with Crippen molar-refractivity contribution in [3.63, 3.8) is 0 Å². The van der Waals surface area contributed by atoms with Gasteiger partial charge >= 0.3 is 12.3 Å². The van der Waals surface area contributed by atoms with E-state index in [0.717, 1.165) is 6.07 Å². The van der Waals surface area contributed by atoms with E-state index in [1.54, 1.807) is 4.90 Å². The summed E-state index contributed by atoms with van der Waals surface area (Å²) in [6.45, 7) is 1.13. The highest BCUT2D eigenvalue weighted by Crippen LogP contribution is 2.42. The Balaban J connectivity index is 1.22. The van der Waals surface area contributed by atoms with Crippen molar-refractivity contribution >= 4 is 23.6 Å². The highest BCUT2D eigenvalue weighted by molar-refractivity contribution is 6.31. The predicted molar refractivity (Wildman–Crippen MR) is 91.5 cm³/mol. The van der Waals surface area contributed by atoms with Crippen LogP contribution in [-0.4, -0.2) is 48.2 Å². The van der Waals surface area contributed by atoms with Crippen LogP contribution in [0.25, 0.3) is 0 Å². The van der Waals surface area contributed by atoms with Crippen LogP contribution in [0.15, 0.2) is 18.2 Å². The first-order chi connectivity index (χ1) is 13.2. The van der Waals surface area contributed by atoms with E-state index in [1.807, 2.05) is 0 Å². The van der Waals surface area contributed by atoms with E-state index in [1.165, 1.54) is 12.1 Å². The molecule has 1 aliphatic carbocycles. The van der Waals surface area contributed by atoms with Crippen LogP contribution in [0.2, 0.25) is 5.02 Å². The third kappa shape index (κ3) is 3.65. The molecule has 152 valence electrons. The van der Waals surface area contributed by atoms with Gasteiger partial charge in [0.25, 0.3) is 0 Å². The van der Waals surface area contributed by atoms with Crippen molar-refractivity contribution in [1.82, 2.24) is 10.2 Å². The molecule has 10 heteroatoms. The van der Waals surface area contributed by atoms with Gasteiger partial charge in [-0.15, -0.1) is 0 Å². The lowest BCUT2D eigenvalue weighted by atomic mass is 9.68. The molecule has 1 spiro atoms. The van der Waals surface area contributed by atoms with Gasteiger partial charge in [-0.3, -0.25) is 4.79 Å². The van der Waals surface area contributed by atoms with Gasteiger partial charge in [0.1, 0.15) is 6.61 Å². The molecule has 2 saturated heterocycles. The Labute approximate surface area is 163 Å². The molecule has 1 aromatic rings. The fourth-order valence-electron chi connectivity index (χ4n) is 3.85. The highest BCUT2D eigenvalue weighted by Gasteiger charge is 2.54. The van der Waals surface area contributed by atoms with Crippen molar-refractivity contribution in [1.29, 1.82) is 0 Å². The second kappa shape index (κ2) is 6.81. The molecule has 0 unspecified atom stereocenters. The zero-order valence-corrected chi connectivity index (χ0v) is 15.5. The van der Waals surface area contributed by atoms with Crippen LogP contribution in [0.1, 0.15) is 24.0 Å². The van der Waals surface area contributed by atoms with Gasteiger partial charge in [0.05, 0.1) is 28.8 Å². The number of benzene rings is 1. The van der Waals surface area contributed by atoms with Gasteiger partial charge in [0.2, 0.25) is 5.91 Å². The van der Waals surface area contributed by atoms with E-state index in [-0.39, 0.29) is 29.6 Å². The number of carbonyl (C=O) groups excluding carboxylic acids is 2. The first-order valence-corrected chi connectivity index (χ1v) is 9.24. The largest absolute Gasteiger partial charge is 0.447 e. The van der Waals surface area contributed by atoms with Crippen LogP contribution in [0.3, 0.4) is 0 Å². The normalized spacial score (nSPS) is 27.2. The Morgan fingerprint density at radius 2 is 2.07 bits per heavy atom. The lowest BCUT2D eigenvalue weighted by molar-refractivity contribution is -0.155. The maximum Gasteiger partial charge on any atom is 0.417 e. The second-order valence-electron chi connectivity index (χ2n) is 7.57. The Kier molecular flexibility index (Phi) is 4.70. The number of likely N-dealkylation sites (tertiary alicyclic amines) is 1. The maximum absolute atomic E-state index is 12.9. The van der Waals surface area contributed by atoms with Crippen LogP contribution in [-0.2, 0) is 27.1 Å². The van der Waals surface area contributed by atoms with E-state index in [9.17, 15) is 22.8 Å². The van der Waals surface area contributed by atoms with Crippen molar-refractivity contribution in [3.8, 4) is 0 Å². The van der Waals surface area contributed by atoms with E-state index in [0.29, 0.717) is 38.1 Å². The Morgan fingerprint density at radius 1 is 1.36 bits per heavy atom. The van der Waals surface area contributed by atoms with E-state index >= 15 is 0 Å². The molecule has 2 heterocycles. The number of ether oxygens (including phenoxy) is 2. The van der Waals surface area contributed by atoms with Crippen molar-refractivity contribution in [2.24, 2.45) is 5.92 Å². The summed E-state index contributed by atoms with van der Waals surface area (Å²) in [7, 11) is 0. The number of alkyl halides is 3. The maximum atomic E-state index is 12.9. The average molecular weight is 419 g/mol. The summed E-state index contributed by atoms with van der Waals surface area (Å²) in [5, 5.41) is 2.40. The molecule has 1 saturated carbocycles. The number of cyclic esters (lactones) is 1. The number of hydrogen-bond donors (Lipinski definition) is 1. The molecule has 6 nitrogen and oxygen atoms in total. The molecule has 0 aromatic heterocycles. The SMILES string of the molecule is O=C1N[C@]2(CO1)C[C@H](C(=O)N1CC(OCc3ccc(Cl)c(C(F)(F)F)c3)C1)C2. The number of rotatable bonds is 4. The topological polar surface area (TPSA) is 67.9 Å². The van der Waals surface area contributed by atoms with Crippen LogP contribution in [0, 0.1) is 5.92 Å². The van der Waals surface area contributed by atoms with Gasteiger partial charge in [0.15, 0.2) is 0 Å². The third-order valence-corrected chi connectivity index (χ3v) is 5.78. The van der Waals surface area contributed by atoms with Gasteiger partial charge in [-0.25, -0.2) is 4.79 Å². The summed E-state index contributed by atoms with van der Waals surface area (Å²) in [6.07, 6.45) is -4.05. The first kappa shape index (κ1) is 19.3. The molecular formula is C18H18ClF3N2O4. The molecule has 0 bridgehead atoms. The number of carbonyl (C=O) groups is 2. The van der Waals surface area contributed by atoms with Crippen LogP contribution in [0.4, 0.5) is 18.0 Å². The zero-order valence-electron chi connectivity index (χ0n) is 14.7. The molecule has 4 rings (SSSR count). The van der Waals surface area contributed by atoms with E-state index < -0.39 is 23.4 Å². The number of nitrogens with one attached hydrogen (secondary N) is 1. The molecule has 0 radical (unpaired) electrons. The molecule has 1 aromatic carbocycles. The van der Waals surface area contributed by atoms with Gasteiger partial charge in [-0.05, 0) is 30.5 Å². The van der Waals surface area contributed by atoms with Crippen molar-refractivity contribution in [2.75, 3.05) is 19.7 Å². The Morgan fingerprint density at radius 3 is 2.68 bits per heavy atom. The predicted octanol–water partition coefficient (Wildman–Crippen LogP) is 2.97. The standard InChI is InChI=1S/C18H18ClF3N2O4/c19-14-2-1-10(3-13(14)18(20,21)22)8-27-12-6-24(7-12)15(25)11-4-17(5-11)9-28-16(26)23-17/h1-3,11-12H,4-9H2,(H,23,26)/t11-,17+. The molecule has 28 heavy (non-hydrogen) atoms. The fourth-order valence-corrected chi connectivity index (χ4v) is 4.07. The van der Waals surface area contributed by atoms with Crippen LogP contribution >= 0.6 is 11.6 Å². The lowest BCUT2D eigenvalue weighted by Crippen LogP contribution is -2.62. The number of nitrogens with zero attached hydrogens (tertiary/aromatic N) is 1. The van der Waals surface area contributed by atoms with Crippen LogP contribution < -0.4 is 5.32 Å². The molecule has 2 amide bonds. The second-order valence-corrected chi connectivity index (χ2v) is 7.98. The summed E-state index contributed by atoms with van der Waals surface area (Å²) in [5.74, 6) is -0.133. The summed E-state index contributed by atoms with van der Waals surface area (Å²) in [5.41, 5.74) is -0.912. The van der Waals surface area contributed by atoms with Crippen molar-refractivity contribution in [3.05, 3.63) is 34.3 Å². The number of halogens is 4. The molecule has 3 fully saturated rings. The minimum atomic E-state index is -4.52. The van der Waals surface area contributed by atoms with Gasteiger partial charge in [0, 0.05) is 19.0 Å². The monoisotopic (exact) mass is 418 g/mol. The zero-order chi connectivity index (χ0) is 20.1. The molecule has 1 N–H and O–H groups in total. The minimum Gasteiger partial charge on any atom is -0.447 e. The Bertz CT molecular complexity index is 805. The van der Waals surface area contributed by atoms with E-state index in [4.69, 9.17) is 21.1 Å². The minimum absolute atomic E-state index is 0.0116. The van der Waals surface area contributed by atoms with Crippen LogP contribution in [0.5, 0.6) is 0 Å². The molecular weight excluding hydrogens is 401 g/mol. The van der Waals surface area contributed by atoms with Crippen molar-refractivity contribution in [2.45, 2.75) is 37.3 Å². The molecule has 0 atom stereocenters. The molecule has 2 aliphatic heterocycles.